The van der Waals surface area contributed by atoms with Gasteiger partial charge in [-0.1, -0.05) is 47.1 Å². The maximum absolute atomic E-state index is 12.2. The van der Waals surface area contributed by atoms with E-state index >= 15 is 0 Å². The molecule has 124 valence electrons. The van der Waals surface area contributed by atoms with Gasteiger partial charge in [-0.05, 0) is 24.3 Å². The van der Waals surface area contributed by atoms with Crippen molar-refractivity contribution in [1.82, 2.24) is 9.88 Å². The van der Waals surface area contributed by atoms with Crippen LogP contribution in [0.2, 0.25) is 5.02 Å². The topological polar surface area (TPSA) is 72.2 Å². The molecule has 0 spiro atoms. The molecule has 24 heavy (non-hydrogen) atoms. The van der Waals surface area contributed by atoms with Crippen LogP contribution in [0, 0.1) is 0 Å². The van der Waals surface area contributed by atoms with E-state index in [9.17, 15) is 8.42 Å². The van der Waals surface area contributed by atoms with Crippen LogP contribution in [0.4, 0.5) is 0 Å². The average molecular weight is 363 g/mol. The highest BCUT2D eigenvalue weighted by Gasteiger charge is 2.14. The predicted octanol–water partition coefficient (Wildman–Crippen LogP) is 3.52. The van der Waals surface area contributed by atoms with Crippen molar-refractivity contribution in [2.45, 2.75) is 11.3 Å². The van der Waals surface area contributed by atoms with Crippen molar-refractivity contribution < 1.29 is 12.9 Å². The second-order valence-corrected chi connectivity index (χ2v) is 7.35. The lowest BCUT2D eigenvalue weighted by atomic mass is 10.1. The third-order valence-corrected chi connectivity index (χ3v) is 5.14. The molecule has 0 saturated heterocycles. The summed E-state index contributed by atoms with van der Waals surface area (Å²) in [5, 5.41) is 4.46. The third kappa shape index (κ3) is 4.03. The summed E-state index contributed by atoms with van der Waals surface area (Å²) in [4.78, 5) is 0.178. The first kappa shape index (κ1) is 16.7. The molecular formula is C17H15ClN2O3S. The van der Waals surface area contributed by atoms with Crippen molar-refractivity contribution in [3.05, 3.63) is 71.4 Å². The Kier molecular flexibility index (Phi) is 4.99. The van der Waals surface area contributed by atoms with Gasteiger partial charge in [0.1, 0.15) is 0 Å². The normalized spacial score (nSPS) is 11.5. The number of hydrogen-bond donors (Lipinski definition) is 1. The van der Waals surface area contributed by atoms with Gasteiger partial charge in [-0.25, -0.2) is 13.1 Å². The van der Waals surface area contributed by atoms with E-state index in [0.717, 1.165) is 5.56 Å². The van der Waals surface area contributed by atoms with E-state index in [-0.39, 0.29) is 11.4 Å². The van der Waals surface area contributed by atoms with Crippen molar-refractivity contribution in [2.75, 3.05) is 6.54 Å². The van der Waals surface area contributed by atoms with Crippen molar-refractivity contribution in [3.8, 4) is 11.3 Å². The van der Waals surface area contributed by atoms with Crippen molar-refractivity contribution in [2.24, 2.45) is 0 Å². The van der Waals surface area contributed by atoms with Gasteiger partial charge in [0, 0.05) is 29.6 Å². The molecule has 3 rings (SSSR count). The summed E-state index contributed by atoms with van der Waals surface area (Å²) in [6.07, 6.45) is 0.434. The standard InChI is InChI=1S/C17H15ClN2O3S/c18-14-6-8-16(9-7-14)24(21,22)19-11-10-15-12-17(23-20-15)13-4-2-1-3-5-13/h1-9,12,19H,10-11H2. The van der Waals surface area contributed by atoms with Crippen LogP contribution in [0.25, 0.3) is 11.3 Å². The van der Waals surface area contributed by atoms with Gasteiger partial charge in [0.2, 0.25) is 10.0 Å². The second-order valence-electron chi connectivity index (χ2n) is 5.15. The first-order chi connectivity index (χ1) is 11.5. The van der Waals surface area contributed by atoms with Crippen LogP contribution in [0.1, 0.15) is 5.69 Å². The van der Waals surface area contributed by atoms with Crippen LogP contribution in [0.15, 0.2) is 70.1 Å². The first-order valence-corrected chi connectivity index (χ1v) is 9.17. The Bertz CT molecular complexity index is 907. The van der Waals surface area contributed by atoms with E-state index < -0.39 is 10.0 Å². The lowest BCUT2D eigenvalue weighted by Gasteiger charge is -2.05. The molecule has 0 aliphatic heterocycles. The van der Waals surface area contributed by atoms with Crippen LogP contribution >= 0.6 is 11.6 Å². The Morgan fingerprint density at radius 2 is 1.75 bits per heavy atom. The number of nitrogens with one attached hydrogen (secondary N) is 1. The molecule has 2 aromatic carbocycles. The van der Waals surface area contributed by atoms with E-state index in [2.05, 4.69) is 9.88 Å². The fourth-order valence-electron chi connectivity index (χ4n) is 2.18. The van der Waals surface area contributed by atoms with Crippen molar-refractivity contribution in [1.29, 1.82) is 0 Å². The van der Waals surface area contributed by atoms with Gasteiger partial charge in [-0.3, -0.25) is 0 Å². The first-order valence-electron chi connectivity index (χ1n) is 7.31. The zero-order valence-corrected chi connectivity index (χ0v) is 14.2. The number of hydrogen-bond acceptors (Lipinski definition) is 4. The van der Waals surface area contributed by atoms with Crippen LogP contribution in [0.3, 0.4) is 0 Å². The molecule has 5 nitrogen and oxygen atoms in total. The Balaban J connectivity index is 1.60. The van der Waals surface area contributed by atoms with Crippen molar-refractivity contribution in [3.63, 3.8) is 0 Å². The summed E-state index contributed by atoms with van der Waals surface area (Å²) in [6.45, 7) is 0.228. The van der Waals surface area contributed by atoms with Gasteiger partial charge in [-0.2, -0.15) is 0 Å². The van der Waals surface area contributed by atoms with Gasteiger partial charge in [0.15, 0.2) is 5.76 Å². The summed E-state index contributed by atoms with van der Waals surface area (Å²) in [6, 6.07) is 17.4. The number of benzene rings is 2. The highest BCUT2D eigenvalue weighted by Crippen LogP contribution is 2.20. The van der Waals surface area contributed by atoms with E-state index in [1.807, 2.05) is 36.4 Å². The lowest BCUT2D eigenvalue weighted by molar-refractivity contribution is 0.423. The Morgan fingerprint density at radius 3 is 2.46 bits per heavy atom. The molecule has 0 aliphatic carbocycles. The summed E-state index contributed by atoms with van der Waals surface area (Å²) in [5.74, 6) is 0.658. The van der Waals surface area contributed by atoms with Gasteiger partial charge in [0.05, 0.1) is 10.6 Å². The van der Waals surface area contributed by atoms with Gasteiger partial charge in [-0.15, -0.1) is 0 Å². The zero-order chi connectivity index (χ0) is 17.0. The molecule has 3 aromatic rings. The maximum atomic E-state index is 12.2. The molecule has 1 N–H and O–H groups in total. The van der Waals surface area contributed by atoms with Gasteiger partial charge >= 0.3 is 0 Å². The molecule has 0 radical (unpaired) electrons. The Hall–Kier alpha value is -2.15. The minimum absolute atomic E-state index is 0.178. The number of nitrogens with zero attached hydrogens (tertiary/aromatic N) is 1. The number of aromatic nitrogens is 1. The Labute approximate surface area is 145 Å². The molecule has 0 fully saturated rings. The summed E-state index contributed by atoms with van der Waals surface area (Å²) in [7, 11) is -3.56. The monoisotopic (exact) mass is 362 g/mol. The SMILES string of the molecule is O=S(=O)(NCCc1cc(-c2ccccc2)on1)c1ccc(Cl)cc1. The summed E-state index contributed by atoms with van der Waals surface area (Å²) in [5.41, 5.74) is 1.62. The van der Waals surface area contributed by atoms with Gasteiger partial charge in [0.25, 0.3) is 0 Å². The van der Waals surface area contributed by atoms with E-state index in [1.165, 1.54) is 12.1 Å². The molecule has 0 unspecified atom stereocenters. The molecule has 0 atom stereocenters. The van der Waals surface area contributed by atoms with Gasteiger partial charge < -0.3 is 4.52 Å². The smallest absolute Gasteiger partial charge is 0.240 e. The number of rotatable bonds is 6. The molecular weight excluding hydrogens is 348 g/mol. The van der Waals surface area contributed by atoms with Crippen LogP contribution in [-0.2, 0) is 16.4 Å². The molecule has 1 heterocycles. The molecule has 0 amide bonds. The van der Waals surface area contributed by atoms with E-state index in [4.69, 9.17) is 16.1 Å². The fourth-order valence-corrected chi connectivity index (χ4v) is 3.34. The van der Waals surface area contributed by atoms with Crippen LogP contribution in [0.5, 0.6) is 0 Å². The maximum Gasteiger partial charge on any atom is 0.240 e. The minimum Gasteiger partial charge on any atom is -0.356 e. The molecule has 0 bridgehead atoms. The molecule has 1 aromatic heterocycles. The largest absolute Gasteiger partial charge is 0.356 e. The Morgan fingerprint density at radius 1 is 1.04 bits per heavy atom. The van der Waals surface area contributed by atoms with E-state index in [0.29, 0.717) is 22.9 Å². The minimum atomic E-state index is -3.56. The van der Waals surface area contributed by atoms with Crippen molar-refractivity contribution >= 4 is 21.6 Å². The van der Waals surface area contributed by atoms with Crippen LogP contribution < -0.4 is 4.72 Å². The second kappa shape index (κ2) is 7.17. The molecule has 0 aliphatic rings. The zero-order valence-electron chi connectivity index (χ0n) is 12.6. The highest BCUT2D eigenvalue weighted by atomic mass is 35.5. The molecule has 0 saturated carbocycles. The summed E-state index contributed by atoms with van der Waals surface area (Å²) >= 11 is 5.77. The van der Waals surface area contributed by atoms with E-state index in [1.54, 1.807) is 12.1 Å². The lowest BCUT2D eigenvalue weighted by Crippen LogP contribution is -2.26. The molecule has 7 heteroatoms. The highest BCUT2D eigenvalue weighted by molar-refractivity contribution is 7.89. The number of halogens is 1. The predicted molar refractivity (Wildman–Crippen MR) is 92.3 cm³/mol. The fraction of sp³-hybridized carbons (Fsp3) is 0.118. The van der Waals surface area contributed by atoms with Crippen LogP contribution in [-0.4, -0.2) is 20.1 Å². The third-order valence-electron chi connectivity index (χ3n) is 3.41. The quantitative estimate of drug-likeness (QED) is 0.728. The average Bonchev–Trinajstić information content (AvgIpc) is 3.05. The number of sulfonamides is 1. The summed E-state index contributed by atoms with van der Waals surface area (Å²) < 4.78 is 32.2.